The molecule has 8 heteroatoms. The maximum atomic E-state index is 12.6. The van der Waals surface area contributed by atoms with Gasteiger partial charge in [-0.05, 0) is 48.3 Å². The van der Waals surface area contributed by atoms with Crippen LogP contribution in [-0.2, 0) is 20.9 Å². The Bertz CT molecular complexity index is 771. The quantitative estimate of drug-likeness (QED) is 0.597. The van der Waals surface area contributed by atoms with E-state index in [-0.39, 0.29) is 5.91 Å². The van der Waals surface area contributed by atoms with E-state index in [0.29, 0.717) is 19.6 Å². The fourth-order valence-electron chi connectivity index (χ4n) is 2.33. The molecule has 28 heavy (non-hydrogen) atoms. The highest BCUT2D eigenvalue weighted by molar-refractivity contribution is 9.10. The average molecular weight is 452 g/mol. The highest BCUT2D eigenvalue weighted by atomic mass is 79.9. The number of nitrogens with one attached hydrogen (secondary N) is 2. The van der Waals surface area contributed by atoms with Crippen LogP contribution >= 0.6 is 15.9 Å². The third-order valence-corrected chi connectivity index (χ3v) is 4.04. The van der Waals surface area contributed by atoms with Crippen molar-refractivity contribution >= 4 is 27.9 Å². The van der Waals surface area contributed by atoms with Gasteiger partial charge in [0.25, 0.3) is 5.91 Å². The molecule has 0 aliphatic carbocycles. The zero-order valence-corrected chi connectivity index (χ0v) is 17.9. The Labute approximate surface area is 173 Å². The molecule has 152 valence electrons. The molecule has 1 heterocycles. The van der Waals surface area contributed by atoms with Crippen molar-refractivity contribution < 1.29 is 19.1 Å². The first-order chi connectivity index (χ1) is 13.2. The summed E-state index contributed by atoms with van der Waals surface area (Å²) in [4.78, 5) is 24.7. The second-order valence-electron chi connectivity index (χ2n) is 7.24. The number of benzene rings is 1. The van der Waals surface area contributed by atoms with Crippen molar-refractivity contribution in [1.82, 2.24) is 9.99 Å². The number of aromatic nitrogens is 1. The Morgan fingerprint density at radius 3 is 2.50 bits per heavy atom. The van der Waals surface area contributed by atoms with Gasteiger partial charge in [0, 0.05) is 29.9 Å². The summed E-state index contributed by atoms with van der Waals surface area (Å²) in [6.07, 6.45) is 3.05. The molecule has 0 radical (unpaired) electrons. The maximum Gasteiger partial charge on any atom is 0.408 e. The maximum absolute atomic E-state index is 12.6. The summed E-state index contributed by atoms with van der Waals surface area (Å²) in [5.41, 5.74) is 3.10. The van der Waals surface area contributed by atoms with Crippen LogP contribution in [0.2, 0.25) is 0 Å². The molecule has 7 nitrogen and oxygen atoms in total. The molecule has 0 bridgehead atoms. The lowest BCUT2D eigenvalue weighted by Gasteiger charge is -2.23. The highest BCUT2D eigenvalue weighted by Crippen LogP contribution is 2.10. The third kappa shape index (κ3) is 8.14. The van der Waals surface area contributed by atoms with Crippen LogP contribution in [0, 0.1) is 0 Å². The number of ether oxygens (including phenoxy) is 2. The molecule has 1 atom stereocenters. The van der Waals surface area contributed by atoms with E-state index in [1.807, 2.05) is 30.3 Å². The molecule has 0 aliphatic heterocycles. The van der Waals surface area contributed by atoms with Crippen molar-refractivity contribution in [2.24, 2.45) is 0 Å². The fraction of sp³-hybridized carbons (Fsp3) is 0.400. The number of alkyl carbamates (subject to hydrolysis) is 1. The second kappa shape index (κ2) is 10.3. The molecule has 2 N–H and O–H groups in total. The van der Waals surface area contributed by atoms with Gasteiger partial charge in [0.2, 0.25) is 0 Å². The number of carbonyl (C=O) groups excluding carboxylic acids is 2. The zero-order chi connectivity index (χ0) is 20.6. The van der Waals surface area contributed by atoms with E-state index in [1.54, 1.807) is 39.2 Å². The Morgan fingerprint density at radius 2 is 1.89 bits per heavy atom. The Balaban J connectivity index is 1.92. The number of hydrogen-bond acceptors (Lipinski definition) is 4. The van der Waals surface area contributed by atoms with E-state index in [4.69, 9.17) is 9.47 Å². The summed E-state index contributed by atoms with van der Waals surface area (Å²) in [5, 5.41) is 2.62. The molecule has 2 amide bonds. The van der Waals surface area contributed by atoms with Crippen molar-refractivity contribution in [2.45, 2.75) is 45.4 Å². The topological polar surface area (TPSA) is 81.6 Å². The summed E-state index contributed by atoms with van der Waals surface area (Å²) < 4.78 is 13.3. The first-order valence-corrected chi connectivity index (χ1v) is 9.78. The molecule has 0 aliphatic rings. The number of hydrogen-bond donors (Lipinski definition) is 2. The summed E-state index contributed by atoms with van der Waals surface area (Å²) in [6, 6.07) is 10.7. The lowest BCUT2D eigenvalue weighted by atomic mass is 10.2. The number of carbonyl (C=O) groups is 2. The van der Waals surface area contributed by atoms with Gasteiger partial charge in [-0.1, -0.05) is 30.3 Å². The smallest absolute Gasteiger partial charge is 0.408 e. The summed E-state index contributed by atoms with van der Waals surface area (Å²) in [6.45, 7) is 6.04. The minimum atomic E-state index is -0.799. The van der Waals surface area contributed by atoms with Gasteiger partial charge in [-0.15, -0.1) is 0 Å². The van der Waals surface area contributed by atoms with E-state index in [0.717, 1.165) is 10.0 Å². The SMILES string of the molecule is CC(C)(C)OC(=O)N[C@@H](CCOCc1ccccc1)C(=O)Nn1ccc(Br)c1. The van der Waals surface area contributed by atoms with Gasteiger partial charge < -0.3 is 14.8 Å². The molecule has 0 fully saturated rings. The van der Waals surface area contributed by atoms with Crippen LogP contribution in [0.3, 0.4) is 0 Å². The monoisotopic (exact) mass is 451 g/mol. The predicted octanol–water partition coefficient (Wildman–Crippen LogP) is 3.82. The molecule has 1 aromatic carbocycles. The standard InChI is InChI=1S/C20H26BrN3O4/c1-20(2,3)28-19(26)22-17(18(25)23-24-11-9-16(21)13-24)10-12-27-14-15-7-5-4-6-8-15/h4-9,11,13,17H,10,12,14H2,1-3H3,(H,22,26)(H,23,25)/t17-/m0/s1. The lowest BCUT2D eigenvalue weighted by Crippen LogP contribution is -2.47. The first kappa shape index (κ1) is 22.0. The third-order valence-electron chi connectivity index (χ3n) is 3.57. The van der Waals surface area contributed by atoms with Gasteiger partial charge in [0.15, 0.2) is 0 Å². The summed E-state index contributed by atoms with van der Waals surface area (Å²) in [5.74, 6) is -0.364. The minimum Gasteiger partial charge on any atom is -0.444 e. The number of halogens is 1. The van der Waals surface area contributed by atoms with Crippen molar-refractivity contribution in [3.05, 3.63) is 58.8 Å². The normalized spacial score (nSPS) is 12.3. The number of rotatable bonds is 8. The van der Waals surface area contributed by atoms with Crippen LogP contribution in [0.15, 0.2) is 53.3 Å². The number of amides is 2. The van der Waals surface area contributed by atoms with Crippen molar-refractivity contribution in [3.8, 4) is 0 Å². The van der Waals surface area contributed by atoms with Crippen molar-refractivity contribution in [2.75, 3.05) is 12.0 Å². The van der Waals surface area contributed by atoms with Crippen LogP contribution < -0.4 is 10.7 Å². The second-order valence-corrected chi connectivity index (χ2v) is 8.15. The van der Waals surface area contributed by atoms with E-state index in [1.165, 1.54) is 4.68 Å². The van der Waals surface area contributed by atoms with Gasteiger partial charge in [0.05, 0.1) is 6.61 Å². The van der Waals surface area contributed by atoms with E-state index >= 15 is 0 Å². The average Bonchev–Trinajstić information content (AvgIpc) is 3.01. The van der Waals surface area contributed by atoms with E-state index < -0.39 is 17.7 Å². The highest BCUT2D eigenvalue weighted by Gasteiger charge is 2.24. The molecular weight excluding hydrogens is 426 g/mol. The molecule has 1 aromatic heterocycles. The van der Waals surface area contributed by atoms with Crippen LogP contribution in [-0.4, -0.2) is 34.9 Å². The van der Waals surface area contributed by atoms with Crippen LogP contribution in [0.1, 0.15) is 32.8 Å². The largest absolute Gasteiger partial charge is 0.444 e. The fourth-order valence-corrected chi connectivity index (χ4v) is 2.67. The van der Waals surface area contributed by atoms with Gasteiger partial charge in [-0.25, -0.2) is 4.79 Å². The van der Waals surface area contributed by atoms with Crippen LogP contribution in [0.5, 0.6) is 0 Å². The summed E-state index contributed by atoms with van der Waals surface area (Å²) >= 11 is 3.32. The van der Waals surface area contributed by atoms with E-state index in [2.05, 4.69) is 26.7 Å². The van der Waals surface area contributed by atoms with Gasteiger partial charge >= 0.3 is 6.09 Å². The number of nitrogens with zero attached hydrogens (tertiary/aromatic N) is 1. The lowest BCUT2D eigenvalue weighted by molar-refractivity contribution is -0.119. The molecule has 2 rings (SSSR count). The molecule has 0 unspecified atom stereocenters. The van der Waals surface area contributed by atoms with Gasteiger partial charge in [-0.3, -0.25) is 14.9 Å². The minimum absolute atomic E-state index is 0.304. The molecule has 2 aromatic rings. The Kier molecular flexibility index (Phi) is 8.07. The Hall–Kier alpha value is -2.32. The molecular formula is C20H26BrN3O4. The van der Waals surface area contributed by atoms with Crippen molar-refractivity contribution in [3.63, 3.8) is 0 Å². The molecule has 0 saturated heterocycles. The molecule has 0 saturated carbocycles. The summed E-state index contributed by atoms with van der Waals surface area (Å²) in [7, 11) is 0. The van der Waals surface area contributed by atoms with Gasteiger partial charge in [-0.2, -0.15) is 0 Å². The van der Waals surface area contributed by atoms with E-state index in [9.17, 15) is 9.59 Å². The first-order valence-electron chi connectivity index (χ1n) is 8.98. The Morgan fingerprint density at radius 1 is 1.18 bits per heavy atom. The van der Waals surface area contributed by atoms with Gasteiger partial charge in [0.1, 0.15) is 11.6 Å². The predicted molar refractivity (Wildman–Crippen MR) is 110 cm³/mol. The van der Waals surface area contributed by atoms with Crippen LogP contribution in [0.4, 0.5) is 4.79 Å². The van der Waals surface area contributed by atoms with Crippen molar-refractivity contribution in [1.29, 1.82) is 0 Å². The molecule has 0 spiro atoms. The van der Waals surface area contributed by atoms with Crippen LogP contribution in [0.25, 0.3) is 0 Å². The zero-order valence-electron chi connectivity index (χ0n) is 16.3.